The number of nitrogens with one attached hydrogen (secondary N) is 1. The van der Waals surface area contributed by atoms with Crippen LogP contribution in [0.25, 0.3) is 10.8 Å². The number of amides is 1. The summed E-state index contributed by atoms with van der Waals surface area (Å²) in [7, 11) is 1.87. The topological polar surface area (TPSA) is 52.6 Å². The Morgan fingerprint density at radius 1 is 1.27 bits per heavy atom. The third kappa shape index (κ3) is 3.64. The summed E-state index contributed by atoms with van der Waals surface area (Å²) in [5, 5.41) is 15.1. The summed E-state index contributed by atoms with van der Waals surface area (Å²) in [6.45, 7) is 0.834. The van der Waals surface area contributed by atoms with E-state index >= 15 is 0 Å². The number of aliphatic hydroxyl groups excluding tert-OH is 1. The van der Waals surface area contributed by atoms with Crippen LogP contribution in [0.3, 0.4) is 0 Å². The maximum atomic E-state index is 12.2. The Labute approximate surface area is 130 Å². The van der Waals surface area contributed by atoms with Gasteiger partial charge in [0.1, 0.15) is 0 Å². The minimum absolute atomic E-state index is 0.0538. The molecule has 22 heavy (non-hydrogen) atoms. The zero-order valence-corrected chi connectivity index (χ0v) is 12.8. The summed E-state index contributed by atoms with van der Waals surface area (Å²) >= 11 is 0. The van der Waals surface area contributed by atoms with Gasteiger partial charge in [-0.15, -0.1) is 0 Å². The molecule has 0 spiro atoms. The highest BCUT2D eigenvalue weighted by Gasteiger charge is 2.30. The average molecular weight is 298 g/mol. The molecule has 4 nitrogen and oxygen atoms in total. The maximum absolute atomic E-state index is 12.2. The molecule has 0 aromatic heterocycles. The van der Waals surface area contributed by atoms with Crippen LogP contribution in [0, 0.1) is 5.92 Å². The van der Waals surface area contributed by atoms with Crippen LogP contribution in [0.15, 0.2) is 42.5 Å². The highest BCUT2D eigenvalue weighted by Crippen LogP contribution is 2.32. The van der Waals surface area contributed by atoms with E-state index in [4.69, 9.17) is 0 Å². The Morgan fingerprint density at radius 3 is 2.77 bits per heavy atom. The van der Waals surface area contributed by atoms with Gasteiger partial charge < -0.3 is 10.4 Å². The van der Waals surface area contributed by atoms with E-state index in [1.165, 1.54) is 0 Å². The van der Waals surface area contributed by atoms with Gasteiger partial charge in [-0.1, -0.05) is 36.4 Å². The molecule has 4 heteroatoms. The molecule has 1 unspecified atom stereocenters. The summed E-state index contributed by atoms with van der Waals surface area (Å²) in [5.74, 6) is 0.380. The van der Waals surface area contributed by atoms with Gasteiger partial charge in [0.15, 0.2) is 0 Å². The summed E-state index contributed by atoms with van der Waals surface area (Å²) in [4.78, 5) is 14.1. The van der Waals surface area contributed by atoms with Crippen molar-refractivity contribution in [3.05, 3.63) is 42.5 Å². The van der Waals surface area contributed by atoms with Gasteiger partial charge in [0.25, 0.3) is 0 Å². The number of hydrogen-bond acceptors (Lipinski definition) is 3. The van der Waals surface area contributed by atoms with Gasteiger partial charge in [-0.05, 0) is 37.3 Å². The van der Waals surface area contributed by atoms with Crippen LogP contribution < -0.4 is 5.32 Å². The Hall–Kier alpha value is -1.91. The number of nitrogens with zero attached hydrogens (tertiary/aromatic N) is 1. The first-order chi connectivity index (χ1) is 10.6. The predicted octanol–water partition coefficient (Wildman–Crippen LogP) is 2.48. The third-order valence-electron chi connectivity index (χ3n) is 4.14. The summed E-state index contributed by atoms with van der Waals surface area (Å²) in [5.41, 5.74) is 0.833. The first-order valence-corrected chi connectivity index (χ1v) is 7.77. The van der Waals surface area contributed by atoms with Gasteiger partial charge in [-0.25, -0.2) is 0 Å². The molecular weight excluding hydrogens is 276 g/mol. The van der Waals surface area contributed by atoms with Crippen molar-refractivity contribution in [3.8, 4) is 0 Å². The van der Waals surface area contributed by atoms with Crippen LogP contribution in [0.4, 0.5) is 5.69 Å². The largest absolute Gasteiger partial charge is 0.392 e. The average Bonchev–Trinajstić information content (AvgIpc) is 3.32. The monoisotopic (exact) mass is 298 g/mol. The molecule has 3 rings (SSSR count). The van der Waals surface area contributed by atoms with Gasteiger partial charge in [0.05, 0.1) is 12.6 Å². The lowest BCUT2D eigenvalue weighted by molar-refractivity contribution is -0.117. The molecule has 116 valence electrons. The lowest BCUT2D eigenvalue weighted by Crippen LogP contribution is -2.36. The highest BCUT2D eigenvalue weighted by atomic mass is 16.3. The third-order valence-corrected chi connectivity index (χ3v) is 4.14. The van der Waals surface area contributed by atoms with E-state index in [1.54, 1.807) is 0 Å². The van der Waals surface area contributed by atoms with Crippen LogP contribution in [-0.4, -0.2) is 42.2 Å². The van der Waals surface area contributed by atoms with E-state index in [1.807, 2.05) is 54.4 Å². The molecule has 0 bridgehead atoms. The van der Waals surface area contributed by atoms with E-state index in [9.17, 15) is 9.90 Å². The van der Waals surface area contributed by atoms with Crippen molar-refractivity contribution in [1.82, 2.24) is 4.90 Å². The van der Waals surface area contributed by atoms with Crippen LogP contribution in [-0.2, 0) is 4.79 Å². The Balaban J connectivity index is 1.60. The van der Waals surface area contributed by atoms with Crippen molar-refractivity contribution < 1.29 is 9.90 Å². The van der Waals surface area contributed by atoms with Crippen molar-refractivity contribution in [2.75, 3.05) is 25.5 Å². The predicted molar refractivity (Wildman–Crippen MR) is 88.8 cm³/mol. The van der Waals surface area contributed by atoms with Crippen LogP contribution in [0.5, 0.6) is 0 Å². The fourth-order valence-corrected chi connectivity index (χ4v) is 2.78. The lowest BCUT2D eigenvalue weighted by Gasteiger charge is -2.20. The van der Waals surface area contributed by atoms with Crippen molar-refractivity contribution in [2.45, 2.75) is 18.9 Å². The molecule has 1 fully saturated rings. The van der Waals surface area contributed by atoms with Crippen molar-refractivity contribution in [1.29, 1.82) is 0 Å². The number of carbonyl (C=O) groups excluding carboxylic acids is 1. The Kier molecular flexibility index (Phi) is 4.41. The first-order valence-electron chi connectivity index (χ1n) is 7.77. The maximum Gasteiger partial charge on any atom is 0.238 e. The molecule has 0 saturated heterocycles. The van der Waals surface area contributed by atoms with Gasteiger partial charge in [0, 0.05) is 17.6 Å². The minimum Gasteiger partial charge on any atom is -0.392 e. The highest BCUT2D eigenvalue weighted by molar-refractivity contribution is 6.02. The van der Waals surface area contributed by atoms with Crippen LogP contribution in [0.1, 0.15) is 12.8 Å². The molecule has 1 atom stereocenters. The summed E-state index contributed by atoms with van der Waals surface area (Å²) in [6.07, 6.45) is 1.91. The zero-order valence-electron chi connectivity index (χ0n) is 12.8. The van der Waals surface area contributed by atoms with Crippen LogP contribution >= 0.6 is 0 Å². The molecule has 0 radical (unpaired) electrons. The number of fused-ring (bicyclic) bond motifs is 1. The van der Waals surface area contributed by atoms with E-state index in [2.05, 4.69) is 5.32 Å². The number of rotatable bonds is 6. The summed E-state index contributed by atoms with van der Waals surface area (Å²) in [6, 6.07) is 13.9. The second-order valence-corrected chi connectivity index (χ2v) is 6.18. The molecule has 0 heterocycles. The minimum atomic E-state index is -0.310. The quantitative estimate of drug-likeness (QED) is 0.861. The zero-order chi connectivity index (χ0) is 15.5. The standard InChI is InChI=1S/C18H22N2O2/c1-20(11-17(21)14-9-10-14)12-18(22)19-16-8-4-6-13-5-2-3-7-15(13)16/h2-8,14,17,21H,9-12H2,1H3,(H,19,22). The van der Waals surface area contributed by atoms with E-state index in [-0.39, 0.29) is 18.6 Å². The lowest BCUT2D eigenvalue weighted by atomic mass is 10.1. The van der Waals surface area contributed by atoms with E-state index < -0.39 is 0 Å². The van der Waals surface area contributed by atoms with E-state index in [0.29, 0.717) is 12.5 Å². The number of carbonyl (C=O) groups is 1. The second-order valence-electron chi connectivity index (χ2n) is 6.18. The smallest absolute Gasteiger partial charge is 0.238 e. The van der Waals surface area contributed by atoms with Crippen LogP contribution in [0.2, 0.25) is 0 Å². The molecule has 0 aliphatic heterocycles. The molecule has 2 aromatic rings. The molecule has 1 aliphatic carbocycles. The van der Waals surface area contributed by atoms with Crippen molar-refractivity contribution >= 4 is 22.4 Å². The first kappa shape index (κ1) is 15.0. The summed E-state index contributed by atoms with van der Waals surface area (Å²) < 4.78 is 0. The Morgan fingerprint density at radius 2 is 2.00 bits per heavy atom. The molecule has 2 N–H and O–H groups in total. The molecule has 1 saturated carbocycles. The van der Waals surface area contributed by atoms with Gasteiger partial charge in [-0.2, -0.15) is 0 Å². The normalized spacial score (nSPS) is 16.0. The number of benzene rings is 2. The Bertz CT molecular complexity index is 662. The fraction of sp³-hybridized carbons (Fsp3) is 0.389. The van der Waals surface area contributed by atoms with Crippen molar-refractivity contribution in [2.24, 2.45) is 5.92 Å². The number of hydrogen-bond donors (Lipinski definition) is 2. The van der Waals surface area contributed by atoms with Gasteiger partial charge in [0.2, 0.25) is 5.91 Å². The van der Waals surface area contributed by atoms with Crippen molar-refractivity contribution in [3.63, 3.8) is 0 Å². The SMILES string of the molecule is CN(CC(=O)Nc1cccc2ccccc12)CC(O)C1CC1. The van der Waals surface area contributed by atoms with Gasteiger partial charge >= 0.3 is 0 Å². The molecule has 1 aliphatic rings. The molecule has 1 amide bonds. The second kappa shape index (κ2) is 6.46. The van der Waals surface area contributed by atoms with Gasteiger partial charge in [-0.3, -0.25) is 9.69 Å². The fourth-order valence-electron chi connectivity index (χ4n) is 2.78. The number of likely N-dealkylation sites (N-methyl/N-ethyl adjacent to an activating group) is 1. The number of aliphatic hydroxyl groups is 1. The molecular formula is C18H22N2O2. The number of anilines is 1. The van der Waals surface area contributed by atoms with E-state index in [0.717, 1.165) is 29.3 Å². The molecule has 2 aromatic carbocycles.